The molecule has 0 radical (unpaired) electrons. The van der Waals surface area contributed by atoms with E-state index in [0.29, 0.717) is 0 Å². The van der Waals surface area contributed by atoms with Crippen LogP contribution in [0.5, 0.6) is 0 Å². The summed E-state index contributed by atoms with van der Waals surface area (Å²) in [6, 6.07) is -1.53. The Bertz CT molecular complexity index is 653. The van der Waals surface area contributed by atoms with E-state index in [9.17, 15) is 24.3 Å². The van der Waals surface area contributed by atoms with Crippen LogP contribution in [0.15, 0.2) is 0 Å². The molecule has 0 spiro atoms. The van der Waals surface area contributed by atoms with Gasteiger partial charge in [-0.25, -0.2) is 14.4 Å². The molecule has 1 rings (SSSR count). The summed E-state index contributed by atoms with van der Waals surface area (Å²) < 4.78 is 15.1. The Balaban J connectivity index is 2.67. The van der Waals surface area contributed by atoms with E-state index in [1.165, 1.54) is 12.0 Å². The van der Waals surface area contributed by atoms with Crippen molar-refractivity contribution >= 4 is 24.1 Å². The Hall–Kier alpha value is -2.56. The van der Waals surface area contributed by atoms with Crippen LogP contribution in [0.25, 0.3) is 0 Å². The van der Waals surface area contributed by atoms with Crippen molar-refractivity contribution in [1.29, 1.82) is 0 Å². The van der Waals surface area contributed by atoms with Crippen LogP contribution in [0.4, 0.5) is 9.59 Å². The lowest BCUT2D eigenvalue weighted by Crippen LogP contribution is -2.48. The van der Waals surface area contributed by atoms with Crippen molar-refractivity contribution in [3.63, 3.8) is 0 Å². The predicted molar refractivity (Wildman–Crippen MR) is 106 cm³/mol. The van der Waals surface area contributed by atoms with E-state index in [4.69, 9.17) is 14.2 Å². The molecular weight excluding hydrogens is 398 g/mol. The smallest absolute Gasteiger partial charge is 0.411 e. The minimum atomic E-state index is -1.54. The molecule has 1 fully saturated rings. The Kier molecular flexibility index (Phi) is 8.46. The highest BCUT2D eigenvalue weighted by Crippen LogP contribution is 2.22. The van der Waals surface area contributed by atoms with E-state index >= 15 is 0 Å². The average molecular weight is 431 g/mol. The molecule has 1 aliphatic heterocycles. The fourth-order valence-electron chi connectivity index (χ4n) is 2.71. The number of likely N-dealkylation sites (tertiary alicyclic amines) is 1. The number of carbonyl (C=O) groups excluding carboxylic acids is 4. The highest BCUT2D eigenvalue weighted by atomic mass is 16.6. The third kappa shape index (κ3) is 8.44. The number of nitrogens with zero attached hydrogens (tertiary/aromatic N) is 1. The molecule has 30 heavy (non-hydrogen) atoms. The topological polar surface area (TPSA) is 143 Å². The number of ether oxygens (including phenoxy) is 3. The van der Waals surface area contributed by atoms with Crippen LogP contribution in [0, 0.1) is 0 Å². The summed E-state index contributed by atoms with van der Waals surface area (Å²) >= 11 is 0. The molecule has 3 N–H and O–H groups in total. The standard InChI is InChI=1S/C19H33N3O8/c1-18(2,3)29-16(26)20-9-13(23)14(24)21-11-8-12(15(25)28-7)22(10-11)17(27)30-19(4,5)6/h11-13,23H,8-10H2,1-7H3,(H,20,26)(H,21,24)/t11?,12-,13-/m0/s1. The molecule has 11 heteroatoms. The normalized spacial score (nSPS) is 20.2. The number of amides is 3. The summed E-state index contributed by atoms with van der Waals surface area (Å²) in [5.74, 6) is -1.39. The number of aliphatic hydroxyl groups excluding tert-OH is 1. The van der Waals surface area contributed by atoms with Crippen molar-refractivity contribution in [2.24, 2.45) is 0 Å². The van der Waals surface area contributed by atoms with E-state index in [1.54, 1.807) is 41.5 Å². The van der Waals surface area contributed by atoms with Crippen LogP contribution in [0.1, 0.15) is 48.0 Å². The lowest BCUT2D eigenvalue weighted by Gasteiger charge is -2.27. The van der Waals surface area contributed by atoms with Crippen LogP contribution in [0.2, 0.25) is 0 Å². The molecule has 0 aromatic carbocycles. The van der Waals surface area contributed by atoms with Gasteiger partial charge in [0.1, 0.15) is 23.3 Å². The number of hydrogen-bond donors (Lipinski definition) is 3. The summed E-state index contributed by atoms with van der Waals surface area (Å²) in [7, 11) is 1.20. The molecule has 1 saturated heterocycles. The highest BCUT2D eigenvalue weighted by molar-refractivity contribution is 5.84. The van der Waals surface area contributed by atoms with Gasteiger partial charge in [-0.2, -0.15) is 0 Å². The van der Waals surface area contributed by atoms with Crippen molar-refractivity contribution in [3.05, 3.63) is 0 Å². The number of methoxy groups -OCH3 is 1. The molecule has 3 amide bonds. The predicted octanol–water partition coefficient (Wildman–Crippen LogP) is 0.539. The minimum Gasteiger partial charge on any atom is -0.467 e. The van der Waals surface area contributed by atoms with E-state index in [1.807, 2.05) is 0 Å². The van der Waals surface area contributed by atoms with Gasteiger partial charge in [-0.1, -0.05) is 0 Å². The Morgan fingerprint density at radius 2 is 1.63 bits per heavy atom. The Morgan fingerprint density at radius 1 is 1.07 bits per heavy atom. The maximum absolute atomic E-state index is 12.4. The number of alkyl carbamates (subject to hydrolysis) is 1. The van der Waals surface area contributed by atoms with Gasteiger partial charge in [-0.15, -0.1) is 0 Å². The summed E-state index contributed by atoms with van der Waals surface area (Å²) in [5, 5.41) is 14.9. The SMILES string of the molecule is COC(=O)[C@@H]1CC(NC(=O)[C@@H](O)CNC(=O)OC(C)(C)C)CN1C(=O)OC(C)(C)C. The van der Waals surface area contributed by atoms with Gasteiger partial charge in [0.15, 0.2) is 0 Å². The molecule has 172 valence electrons. The molecule has 0 aromatic rings. The molecule has 0 saturated carbocycles. The molecular formula is C19H33N3O8. The monoisotopic (exact) mass is 431 g/mol. The molecule has 11 nitrogen and oxygen atoms in total. The first-order chi connectivity index (χ1) is 13.6. The number of hydrogen-bond acceptors (Lipinski definition) is 8. The molecule has 0 aliphatic carbocycles. The van der Waals surface area contributed by atoms with Gasteiger partial charge in [0.25, 0.3) is 5.91 Å². The largest absolute Gasteiger partial charge is 0.467 e. The van der Waals surface area contributed by atoms with Crippen molar-refractivity contribution in [3.8, 4) is 0 Å². The van der Waals surface area contributed by atoms with Crippen molar-refractivity contribution < 1.29 is 38.5 Å². The fraction of sp³-hybridized carbons (Fsp3) is 0.789. The van der Waals surface area contributed by atoms with Crippen LogP contribution >= 0.6 is 0 Å². The zero-order valence-electron chi connectivity index (χ0n) is 18.6. The number of esters is 1. The lowest BCUT2D eigenvalue weighted by molar-refractivity contribution is -0.145. The van der Waals surface area contributed by atoms with Crippen LogP contribution < -0.4 is 10.6 Å². The number of aliphatic hydroxyl groups is 1. The summed E-state index contributed by atoms with van der Waals surface area (Å²) in [5.41, 5.74) is -1.47. The van der Waals surface area contributed by atoms with Gasteiger partial charge in [-0.05, 0) is 41.5 Å². The molecule has 3 atom stereocenters. The van der Waals surface area contributed by atoms with Gasteiger partial charge in [0, 0.05) is 19.0 Å². The van der Waals surface area contributed by atoms with Crippen LogP contribution in [-0.2, 0) is 23.8 Å². The molecule has 1 unspecified atom stereocenters. The maximum atomic E-state index is 12.4. The third-order valence-corrected chi connectivity index (χ3v) is 3.89. The quantitative estimate of drug-likeness (QED) is 0.423. The fourth-order valence-corrected chi connectivity index (χ4v) is 2.71. The summed E-state index contributed by atoms with van der Waals surface area (Å²) in [6.07, 6.45) is -2.91. The molecule has 1 aliphatic rings. The Labute approximate surface area is 176 Å². The van der Waals surface area contributed by atoms with E-state index in [2.05, 4.69) is 10.6 Å². The second kappa shape index (κ2) is 9.96. The Morgan fingerprint density at radius 3 is 2.13 bits per heavy atom. The first-order valence-electron chi connectivity index (χ1n) is 9.65. The van der Waals surface area contributed by atoms with Crippen molar-refractivity contribution in [2.75, 3.05) is 20.2 Å². The van der Waals surface area contributed by atoms with Crippen molar-refractivity contribution in [1.82, 2.24) is 15.5 Å². The summed E-state index contributed by atoms with van der Waals surface area (Å²) in [4.78, 5) is 49.5. The summed E-state index contributed by atoms with van der Waals surface area (Å²) in [6.45, 7) is 9.79. The van der Waals surface area contributed by atoms with E-state index in [-0.39, 0.29) is 19.5 Å². The van der Waals surface area contributed by atoms with Crippen LogP contribution in [-0.4, -0.2) is 83.7 Å². The molecule has 0 bridgehead atoms. The van der Waals surface area contributed by atoms with Crippen LogP contribution in [0.3, 0.4) is 0 Å². The molecule has 0 aromatic heterocycles. The van der Waals surface area contributed by atoms with Gasteiger partial charge in [-0.3, -0.25) is 9.69 Å². The van der Waals surface area contributed by atoms with Gasteiger partial charge in [0.2, 0.25) is 0 Å². The van der Waals surface area contributed by atoms with Gasteiger partial charge >= 0.3 is 18.2 Å². The number of nitrogens with one attached hydrogen (secondary N) is 2. The third-order valence-electron chi connectivity index (χ3n) is 3.89. The average Bonchev–Trinajstić information content (AvgIpc) is 2.99. The van der Waals surface area contributed by atoms with E-state index < -0.39 is 53.5 Å². The second-order valence-corrected chi connectivity index (χ2v) is 9.01. The molecule has 1 heterocycles. The first-order valence-corrected chi connectivity index (χ1v) is 9.65. The first kappa shape index (κ1) is 25.5. The lowest BCUT2D eigenvalue weighted by atomic mass is 10.1. The number of rotatable bonds is 5. The van der Waals surface area contributed by atoms with E-state index in [0.717, 1.165) is 0 Å². The highest BCUT2D eigenvalue weighted by Gasteiger charge is 2.43. The van der Waals surface area contributed by atoms with Crippen molar-refractivity contribution in [2.45, 2.75) is 77.4 Å². The van der Waals surface area contributed by atoms with Gasteiger partial charge in [0.05, 0.1) is 13.7 Å². The number of carbonyl (C=O) groups is 4. The zero-order valence-corrected chi connectivity index (χ0v) is 18.6. The zero-order chi connectivity index (χ0) is 23.3. The minimum absolute atomic E-state index is 0.00658. The second-order valence-electron chi connectivity index (χ2n) is 9.01. The maximum Gasteiger partial charge on any atom is 0.411 e. The van der Waals surface area contributed by atoms with Gasteiger partial charge < -0.3 is 30.0 Å².